The highest BCUT2D eigenvalue weighted by molar-refractivity contribution is 6.03. The summed E-state index contributed by atoms with van der Waals surface area (Å²) in [5.74, 6) is -0.855. The van der Waals surface area contributed by atoms with Gasteiger partial charge in [-0.05, 0) is 51.7 Å². The zero-order valence-electron chi connectivity index (χ0n) is 10.7. The highest BCUT2D eigenvalue weighted by Crippen LogP contribution is 2.28. The number of aromatic carboxylic acids is 1. The Hall–Kier alpha value is -2.35. The molecule has 2 heteroatoms. The van der Waals surface area contributed by atoms with E-state index in [1.807, 2.05) is 25.1 Å². The van der Waals surface area contributed by atoms with Gasteiger partial charge < -0.3 is 5.11 Å². The topological polar surface area (TPSA) is 37.3 Å². The third kappa shape index (κ3) is 1.85. The minimum atomic E-state index is -0.855. The third-order valence-corrected chi connectivity index (χ3v) is 3.58. The fraction of sp³-hybridized carbons (Fsp3) is 0.118. The summed E-state index contributed by atoms with van der Waals surface area (Å²) >= 11 is 0. The second-order valence-corrected chi connectivity index (χ2v) is 4.67. The fourth-order valence-corrected chi connectivity index (χ4v) is 2.66. The number of carboxylic acid groups (broad SMARTS) is 1. The molecule has 0 fully saturated rings. The molecular formula is C17H14O2. The third-order valence-electron chi connectivity index (χ3n) is 3.58. The molecule has 0 aromatic heterocycles. The number of carboxylic acids is 1. The molecule has 3 aromatic carbocycles. The summed E-state index contributed by atoms with van der Waals surface area (Å²) in [7, 11) is 0. The van der Waals surface area contributed by atoms with E-state index in [0.717, 1.165) is 28.1 Å². The Morgan fingerprint density at radius 3 is 2.32 bits per heavy atom. The van der Waals surface area contributed by atoms with Crippen LogP contribution in [0.2, 0.25) is 0 Å². The maximum absolute atomic E-state index is 11.3. The Labute approximate surface area is 111 Å². The summed E-state index contributed by atoms with van der Waals surface area (Å²) in [5.41, 5.74) is 1.32. The van der Waals surface area contributed by atoms with E-state index >= 15 is 0 Å². The van der Waals surface area contributed by atoms with E-state index in [2.05, 4.69) is 24.3 Å². The van der Waals surface area contributed by atoms with E-state index in [9.17, 15) is 9.90 Å². The summed E-state index contributed by atoms with van der Waals surface area (Å²) in [5, 5.41) is 13.7. The molecule has 94 valence electrons. The SMILES string of the molecule is CCc1c(C(=O)O)ccc2cc3ccccc3cc12. The summed E-state index contributed by atoms with van der Waals surface area (Å²) in [4.78, 5) is 11.3. The Kier molecular flexibility index (Phi) is 2.71. The lowest BCUT2D eigenvalue weighted by Gasteiger charge is -2.10. The number of fused-ring (bicyclic) bond motifs is 2. The molecule has 0 spiro atoms. The lowest BCUT2D eigenvalue weighted by atomic mass is 9.94. The Morgan fingerprint density at radius 1 is 1.00 bits per heavy atom. The van der Waals surface area contributed by atoms with Gasteiger partial charge in [-0.2, -0.15) is 0 Å². The van der Waals surface area contributed by atoms with Crippen LogP contribution in [-0.2, 0) is 6.42 Å². The molecule has 3 rings (SSSR count). The number of hydrogen-bond donors (Lipinski definition) is 1. The van der Waals surface area contributed by atoms with Crippen molar-refractivity contribution in [1.82, 2.24) is 0 Å². The number of hydrogen-bond acceptors (Lipinski definition) is 1. The van der Waals surface area contributed by atoms with E-state index in [0.29, 0.717) is 5.56 Å². The van der Waals surface area contributed by atoms with Gasteiger partial charge in [0.15, 0.2) is 0 Å². The van der Waals surface area contributed by atoms with Gasteiger partial charge in [0.2, 0.25) is 0 Å². The average Bonchev–Trinajstić information content (AvgIpc) is 2.43. The van der Waals surface area contributed by atoms with E-state index in [1.54, 1.807) is 6.07 Å². The first-order valence-electron chi connectivity index (χ1n) is 6.38. The maximum Gasteiger partial charge on any atom is 0.335 e. The van der Waals surface area contributed by atoms with Crippen molar-refractivity contribution in [3.8, 4) is 0 Å². The number of benzene rings is 3. The van der Waals surface area contributed by atoms with E-state index < -0.39 is 5.97 Å². The van der Waals surface area contributed by atoms with E-state index in [-0.39, 0.29) is 0 Å². The molecule has 3 aromatic rings. The quantitative estimate of drug-likeness (QED) is 0.690. The van der Waals surface area contributed by atoms with Gasteiger partial charge in [-0.15, -0.1) is 0 Å². The van der Waals surface area contributed by atoms with E-state index in [4.69, 9.17) is 0 Å². The molecule has 0 heterocycles. The van der Waals surface area contributed by atoms with Crippen molar-refractivity contribution in [2.75, 3.05) is 0 Å². The second-order valence-electron chi connectivity index (χ2n) is 4.67. The van der Waals surface area contributed by atoms with Crippen LogP contribution in [-0.4, -0.2) is 11.1 Å². The molecule has 0 radical (unpaired) electrons. The van der Waals surface area contributed by atoms with Crippen LogP contribution in [0.4, 0.5) is 0 Å². The second kappa shape index (κ2) is 4.39. The molecule has 0 aliphatic rings. The summed E-state index contributed by atoms with van der Waals surface area (Å²) < 4.78 is 0. The Balaban J connectivity index is 2.44. The molecule has 0 aliphatic carbocycles. The average molecular weight is 250 g/mol. The number of aryl methyl sites for hydroxylation is 1. The van der Waals surface area contributed by atoms with Crippen molar-refractivity contribution >= 4 is 27.5 Å². The normalized spacial score (nSPS) is 11.0. The molecule has 19 heavy (non-hydrogen) atoms. The van der Waals surface area contributed by atoms with Gasteiger partial charge in [0.1, 0.15) is 0 Å². The molecule has 0 atom stereocenters. The summed E-state index contributed by atoms with van der Waals surface area (Å²) in [6.45, 7) is 2.00. The van der Waals surface area contributed by atoms with Gasteiger partial charge in [0.05, 0.1) is 5.56 Å². The van der Waals surface area contributed by atoms with Crippen LogP contribution >= 0.6 is 0 Å². The predicted octanol–water partition coefficient (Wildman–Crippen LogP) is 4.25. The van der Waals surface area contributed by atoms with Crippen molar-refractivity contribution < 1.29 is 9.90 Å². The molecule has 0 saturated heterocycles. The molecule has 0 saturated carbocycles. The van der Waals surface area contributed by atoms with Gasteiger partial charge in [-0.3, -0.25) is 0 Å². The van der Waals surface area contributed by atoms with Crippen molar-refractivity contribution in [2.24, 2.45) is 0 Å². The highest BCUT2D eigenvalue weighted by atomic mass is 16.4. The van der Waals surface area contributed by atoms with Crippen LogP contribution < -0.4 is 0 Å². The summed E-state index contributed by atoms with van der Waals surface area (Å²) in [6, 6.07) is 16.0. The van der Waals surface area contributed by atoms with E-state index in [1.165, 1.54) is 5.39 Å². The number of carbonyl (C=O) groups is 1. The minimum Gasteiger partial charge on any atom is -0.478 e. The molecule has 1 N–H and O–H groups in total. The van der Waals surface area contributed by atoms with Gasteiger partial charge in [-0.1, -0.05) is 37.3 Å². The van der Waals surface area contributed by atoms with Crippen LogP contribution in [0.3, 0.4) is 0 Å². The lowest BCUT2D eigenvalue weighted by Crippen LogP contribution is -2.02. The fourth-order valence-electron chi connectivity index (χ4n) is 2.66. The van der Waals surface area contributed by atoms with Crippen molar-refractivity contribution in [3.05, 3.63) is 59.7 Å². The van der Waals surface area contributed by atoms with Gasteiger partial charge >= 0.3 is 5.97 Å². The molecule has 2 nitrogen and oxygen atoms in total. The minimum absolute atomic E-state index is 0.408. The van der Waals surface area contributed by atoms with Crippen LogP contribution in [0, 0.1) is 0 Å². The van der Waals surface area contributed by atoms with Crippen LogP contribution in [0.5, 0.6) is 0 Å². The van der Waals surface area contributed by atoms with Crippen molar-refractivity contribution in [1.29, 1.82) is 0 Å². The molecular weight excluding hydrogens is 236 g/mol. The standard InChI is InChI=1S/C17H14O2/c1-2-14-15(17(18)19)8-7-13-9-11-5-3-4-6-12(11)10-16(13)14/h3-10H,2H2,1H3,(H,18,19). The Morgan fingerprint density at radius 2 is 1.68 bits per heavy atom. The van der Waals surface area contributed by atoms with Crippen LogP contribution in [0.1, 0.15) is 22.8 Å². The molecule has 0 amide bonds. The first-order chi connectivity index (χ1) is 9.20. The lowest BCUT2D eigenvalue weighted by molar-refractivity contribution is 0.0696. The van der Waals surface area contributed by atoms with Gasteiger partial charge in [-0.25, -0.2) is 4.79 Å². The number of rotatable bonds is 2. The first-order valence-corrected chi connectivity index (χ1v) is 6.38. The van der Waals surface area contributed by atoms with Crippen molar-refractivity contribution in [2.45, 2.75) is 13.3 Å². The van der Waals surface area contributed by atoms with Gasteiger partial charge in [0.25, 0.3) is 0 Å². The molecule has 0 aliphatic heterocycles. The maximum atomic E-state index is 11.3. The smallest absolute Gasteiger partial charge is 0.335 e. The van der Waals surface area contributed by atoms with Crippen LogP contribution in [0.15, 0.2) is 48.5 Å². The largest absolute Gasteiger partial charge is 0.478 e. The monoisotopic (exact) mass is 250 g/mol. The zero-order valence-corrected chi connectivity index (χ0v) is 10.7. The molecule has 0 bridgehead atoms. The first kappa shape index (κ1) is 11.7. The van der Waals surface area contributed by atoms with Gasteiger partial charge in [0, 0.05) is 0 Å². The Bertz CT molecular complexity index is 788. The zero-order chi connectivity index (χ0) is 13.4. The molecule has 0 unspecified atom stereocenters. The van der Waals surface area contributed by atoms with Crippen molar-refractivity contribution in [3.63, 3.8) is 0 Å². The van der Waals surface area contributed by atoms with Crippen LogP contribution in [0.25, 0.3) is 21.5 Å². The summed E-state index contributed by atoms with van der Waals surface area (Å²) in [6.07, 6.45) is 0.720. The highest BCUT2D eigenvalue weighted by Gasteiger charge is 2.12. The predicted molar refractivity (Wildman–Crippen MR) is 77.8 cm³/mol.